The minimum atomic E-state index is -4.98. The van der Waals surface area contributed by atoms with Gasteiger partial charge in [0.25, 0.3) is 5.91 Å². The van der Waals surface area contributed by atoms with Gasteiger partial charge in [0.2, 0.25) is 11.6 Å². The zero-order valence-corrected chi connectivity index (χ0v) is 23.9. The molecule has 2 fully saturated rings. The standard InChI is InChI=1S/C33H22F3N5O5/c1-46-31(45)22-24-25(41-29(22)33(34,35)36)27(43)23(28-32(24)11-17(32)13-38-28)26(42)20-10-16-8-18(6-7-19(16)40-20)39-30(44)21-9-14-4-2-3-5-15(14)12-37-21/h2-10,12,17,38,40-41H,11,13H2,1H3,(H,39,44). The topological polar surface area (TPSA) is 146 Å². The lowest BCUT2D eigenvalue weighted by Crippen LogP contribution is -2.33. The van der Waals surface area contributed by atoms with Gasteiger partial charge in [-0.05, 0) is 48.1 Å². The number of nitrogens with one attached hydrogen (secondary N) is 4. The number of benzene rings is 2. The summed E-state index contributed by atoms with van der Waals surface area (Å²) in [5.41, 5.74) is -2.58. The molecule has 230 valence electrons. The molecule has 4 heterocycles. The Hall–Kier alpha value is -5.72. The average molecular weight is 626 g/mol. The van der Waals surface area contributed by atoms with Crippen molar-refractivity contribution in [3.63, 3.8) is 0 Å². The van der Waals surface area contributed by atoms with Gasteiger partial charge in [-0.15, -0.1) is 0 Å². The minimum absolute atomic E-state index is 0.0332. The largest absolute Gasteiger partial charge is 0.465 e. The molecule has 4 N–H and O–H groups in total. The number of anilines is 1. The monoisotopic (exact) mass is 625 g/mol. The van der Waals surface area contributed by atoms with E-state index in [1.54, 1.807) is 30.5 Å². The van der Waals surface area contributed by atoms with Gasteiger partial charge < -0.3 is 25.3 Å². The normalized spacial score (nSPS) is 19.8. The first-order chi connectivity index (χ1) is 22.0. The van der Waals surface area contributed by atoms with E-state index < -0.39 is 52.0 Å². The number of allylic oxidation sites excluding steroid dienone is 2. The summed E-state index contributed by atoms with van der Waals surface area (Å²) in [6, 6.07) is 15.6. The Morgan fingerprint density at radius 2 is 1.80 bits per heavy atom. The Morgan fingerprint density at radius 1 is 1.02 bits per heavy atom. The number of Topliss-reactive ketones (excluding diaryl/α,β-unsaturated/α-hetero) is 2. The third kappa shape index (κ3) is 3.87. The Morgan fingerprint density at radius 3 is 2.54 bits per heavy atom. The Kier molecular flexibility index (Phi) is 5.68. The van der Waals surface area contributed by atoms with Crippen molar-refractivity contribution in [1.82, 2.24) is 20.3 Å². The molecular weight excluding hydrogens is 603 g/mol. The number of ether oxygens (including phenoxy) is 1. The van der Waals surface area contributed by atoms with Crippen molar-refractivity contribution in [2.75, 3.05) is 19.0 Å². The van der Waals surface area contributed by atoms with Crippen molar-refractivity contribution in [2.45, 2.75) is 18.0 Å². The molecule has 1 saturated heterocycles. The minimum Gasteiger partial charge on any atom is -0.465 e. The number of halogens is 3. The number of aromatic amines is 2. The number of methoxy groups -OCH3 is 1. The number of esters is 1. The van der Waals surface area contributed by atoms with Crippen LogP contribution in [0.15, 0.2) is 72.1 Å². The van der Waals surface area contributed by atoms with E-state index in [-0.39, 0.29) is 34.1 Å². The number of aromatic nitrogens is 3. The number of rotatable bonds is 5. The third-order valence-electron chi connectivity index (χ3n) is 9.11. The van der Waals surface area contributed by atoms with Crippen LogP contribution in [0.3, 0.4) is 0 Å². The third-order valence-corrected chi connectivity index (χ3v) is 9.11. The fraction of sp³-hybridized carbons (Fsp3) is 0.182. The van der Waals surface area contributed by atoms with Gasteiger partial charge in [-0.1, -0.05) is 24.3 Å². The highest BCUT2D eigenvalue weighted by Crippen LogP contribution is 2.66. The van der Waals surface area contributed by atoms with E-state index in [0.717, 1.165) is 17.9 Å². The molecule has 3 aliphatic rings. The highest BCUT2D eigenvalue weighted by Gasteiger charge is 2.68. The summed E-state index contributed by atoms with van der Waals surface area (Å²) >= 11 is 0. The first kappa shape index (κ1) is 27.8. The summed E-state index contributed by atoms with van der Waals surface area (Å²) < 4.78 is 46.9. The van der Waals surface area contributed by atoms with Crippen LogP contribution in [0.1, 0.15) is 59.5 Å². The predicted molar refractivity (Wildman–Crippen MR) is 159 cm³/mol. The van der Waals surface area contributed by atoms with Crippen LogP contribution in [0.4, 0.5) is 18.9 Å². The molecular formula is C33H22F3N5O5. The number of piperidine rings is 1. The Balaban J connectivity index is 1.14. The number of alkyl halides is 3. The van der Waals surface area contributed by atoms with E-state index in [1.165, 1.54) is 6.07 Å². The second-order valence-electron chi connectivity index (χ2n) is 11.6. The molecule has 2 aromatic carbocycles. The van der Waals surface area contributed by atoms with Crippen LogP contribution in [-0.2, 0) is 16.3 Å². The van der Waals surface area contributed by atoms with Crippen molar-refractivity contribution in [3.05, 3.63) is 106 Å². The number of H-pyrrole nitrogens is 2. The summed E-state index contributed by atoms with van der Waals surface area (Å²) in [6.07, 6.45) is -3.00. The molecule has 1 saturated carbocycles. The van der Waals surface area contributed by atoms with E-state index in [0.29, 0.717) is 29.6 Å². The predicted octanol–water partition coefficient (Wildman–Crippen LogP) is 5.30. The number of carbonyl (C=O) groups excluding carboxylic acids is 4. The van der Waals surface area contributed by atoms with E-state index in [9.17, 15) is 32.3 Å². The van der Waals surface area contributed by atoms with Crippen LogP contribution in [0.2, 0.25) is 0 Å². The molecule has 0 radical (unpaired) electrons. The maximum atomic E-state index is 14.1. The van der Waals surface area contributed by atoms with Gasteiger partial charge in [0.1, 0.15) is 11.4 Å². The molecule has 2 atom stereocenters. The SMILES string of the molecule is COC(=O)c1c(C(F)(F)F)[nH]c2c1C13CC1CNC3=C(C(=O)c1cc3cc(NC(=O)c4cc5ccccc5cn4)ccc3[nH]1)C2=O. The maximum Gasteiger partial charge on any atom is 0.432 e. The molecule has 2 unspecified atom stereocenters. The van der Waals surface area contributed by atoms with Gasteiger partial charge in [0, 0.05) is 51.4 Å². The van der Waals surface area contributed by atoms with Crippen molar-refractivity contribution in [2.24, 2.45) is 5.92 Å². The van der Waals surface area contributed by atoms with Crippen molar-refractivity contribution in [1.29, 1.82) is 0 Å². The number of ketones is 2. The first-order valence-electron chi connectivity index (χ1n) is 14.3. The Labute approximate surface area is 257 Å². The number of nitrogens with zero attached hydrogens (tertiary/aromatic N) is 1. The lowest BCUT2D eigenvalue weighted by Gasteiger charge is -2.26. The molecule has 10 nitrogen and oxygen atoms in total. The van der Waals surface area contributed by atoms with Gasteiger partial charge in [-0.25, -0.2) is 4.79 Å². The molecule has 8 rings (SSSR count). The van der Waals surface area contributed by atoms with E-state index in [1.807, 2.05) is 24.3 Å². The fourth-order valence-corrected chi connectivity index (χ4v) is 6.97. The molecule has 5 aromatic rings. The van der Waals surface area contributed by atoms with Crippen LogP contribution in [0.5, 0.6) is 0 Å². The van der Waals surface area contributed by atoms with E-state index in [2.05, 4.69) is 30.3 Å². The second-order valence-corrected chi connectivity index (χ2v) is 11.6. The van der Waals surface area contributed by atoms with Crippen LogP contribution >= 0.6 is 0 Å². The van der Waals surface area contributed by atoms with Gasteiger partial charge in [0.15, 0.2) is 0 Å². The maximum absolute atomic E-state index is 14.1. The van der Waals surface area contributed by atoms with Crippen LogP contribution in [-0.4, -0.2) is 52.0 Å². The summed E-state index contributed by atoms with van der Waals surface area (Å²) in [5.74, 6) is -3.51. The summed E-state index contributed by atoms with van der Waals surface area (Å²) in [5, 5.41) is 8.17. The average Bonchev–Trinajstić information content (AvgIpc) is 3.34. The van der Waals surface area contributed by atoms with Crippen LogP contribution in [0.25, 0.3) is 21.7 Å². The molecule has 1 spiro atoms. The number of pyridine rings is 1. The van der Waals surface area contributed by atoms with Gasteiger partial charge in [0.05, 0.1) is 29.6 Å². The van der Waals surface area contributed by atoms with Crippen LogP contribution < -0.4 is 10.6 Å². The highest BCUT2D eigenvalue weighted by molar-refractivity contribution is 6.33. The number of hydrogen-bond donors (Lipinski definition) is 4. The zero-order chi connectivity index (χ0) is 32.1. The molecule has 1 aliphatic heterocycles. The molecule has 46 heavy (non-hydrogen) atoms. The number of fused-ring (bicyclic) bond motifs is 3. The number of hydrogen-bond acceptors (Lipinski definition) is 7. The smallest absolute Gasteiger partial charge is 0.432 e. The van der Waals surface area contributed by atoms with Crippen molar-refractivity contribution < 1.29 is 37.1 Å². The lowest BCUT2D eigenvalue weighted by molar-refractivity contribution is -0.141. The quantitative estimate of drug-likeness (QED) is 0.118. The van der Waals surface area contributed by atoms with Crippen molar-refractivity contribution >= 4 is 50.8 Å². The molecule has 3 aromatic heterocycles. The molecule has 1 amide bonds. The molecule has 2 aliphatic carbocycles. The number of amides is 1. The Bertz CT molecular complexity index is 2250. The molecule has 0 bridgehead atoms. The zero-order valence-electron chi connectivity index (χ0n) is 23.9. The highest BCUT2D eigenvalue weighted by atomic mass is 19.4. The van der Waals surface area contributed by atoms with Gasteiger partial charge in [-0.3, -0.25) is 19.4 Å². The summed E-state index contributed by atoms with van der Waals surface area (Å²) in [4.78, 5) is 62.7. The van der Waals surface area contributed by atoms with Crippen molar-refractivity contribution in [3.8, 4) is 0 Å². The van der Waals surface area contributed by atoms with Crippen LogP contribution in [0, 0.1) is 5.92 Å². The second kappa shape index (κ2) is 9.39. The van der Waals surface area contributed by atoms with E-state index >= 15 is 0 Å². The number of carbonyl (C=O) groups is 4. The lowest BCUT2D eigenvalue weighted by atomic mass is 9.78. The summed E-state index contributed by atoms with van der Waals surface area (Å²) in [7, 11) is 0.972. The molecule has 13 heteroatoms. The van der Waals surface area contributed by atoms with E-state index in [4.69, 9.17) is 0 Å². The van der Waals surface area contributed by atoms with Gasteiger partial charge in [-0.2, -0.15) is 13.2 Å². The summed E-state index contributed by atoms with van der Waals surface area (Å²) in [6.45, 7) is 0.327. The first-order valence-corrected chi connectivity index (χ1v) is 14.3. The fourth-order valence-electron chi connectivity index (χ4n) is 6.97. The van der Waals surface area contributed by atoms with Gasteiger partial charge >= 0.3 is 12.1 Å².